The Labute approximate surface area is 130 Å². The standard InChI is InChI=1S/C17H22FN3O/c1-11-8-15(21-20-11)13-5-4-12(9-16(13)22-3)14-6-7-19-10-17(14,2)18/h4-5,8-9,14,19H,6-7,10H2,1-3H3,(H,20,21). The van der Waals surface area contributed by atoms with E-state index in [1.807, 2.05) is 31.2 Å². The molecule has 0 saturated carbocycles. The highest BCUT2D eigenvalue weighted by Gasteiger charge is 2.37. The maximum Gasteiger partial charge on any atom is 0.128 e. The smallest absolute Gasteiger partial charge is 0.128 e. The lowest BCUT2D eigenvalue weighted by Crippen LogP contribution is -2.45. The second-order valence-electron chi connectivity index (χ2n) is 6.19. The van der Waals surface area contributed by atoms with Gasteiger partial charge in [0.15, 0.2) is 0 Å². The highest BCUT2D eigenvalue weighted by Crippen LogP contribution is 2.39. The van der Waals surface area contributed by atoms with Gasteiger partial charge in [0, 0.05) is 23.7 Å². The second-order valence-corrected chi connectivity index (χ2v) is 6.19. The molecule has 0 amide bonds. The number of aromatic nitrogens is 2. The molecule has 0 radical (unpaired) electrons. The van der Waals surface area contributed by atoms with Gasteiger partial charge in [-0.25, -0.2) is 4.39 Å². The van der Waals surface area contributed by atoms with Crippen LogP contribution in [0.1, 0.15) is 30.5 Å². The fraction of sp³-hybridized carbons (Fsp3) is 0.471. The minimum Gasteiger partial charge on any atom is -0.496 e. The lowest BCUT2D eigenvalue weighted by Gasteiger charge is -2.36. The van der Waals surface area contributed by atoms with Crippen molar-refractivity contribution in [1.82, 2.24) is 15.5 Å². The molecule has 1 aliphatic rings. The summed E-state index contributed by atoms with van der Waals surface area (Å²) >= 11 is 0. The molecule has 3 rings (SSSR count). The second kappa shape index (κ2) is 5.72. The number of H-pyrrole nitrogens is 1. The fourth-order valence-electron chi connectivity index (χ4n) is 3.21. The molecule has 2 N–H and O–H groups in total. The predicted octanol–water partition coefficient (Wildman–Crippen LogP) is 3.20. The van der Waals surface area contributed by atoms with E-state index >= 15 is 0 Å². The number of nitrogens with one attached hydrogen (secondary N) is 2. The number of rotatable bonds is 3. The van der Waals surface area contributed by atoms with Gasteiger partial charge < -0.3 is 10.1 Å². The zero-order chi connectivity index (χ0) is 15.7. The van der Waals surface area contributed by atoms with E-state index in [4.69, 9.17) is 4.74 Å². The third kappa shape index (κ3) is 2.73. The van der Waals surface area contributed by atoms with E-state index in [9.17, 15) is 4.39 Å². The van der Waals surface area contributed by atoms with Gasteiger partial charge in [0.1, 0.15) is 11.4 Å². The molecule has 4 nitrogen and oxygen atoms in total. The minimum atomic E-state index is -1.24. The van der Waals surface area contributed by atoms with E-state index in [1.165, 1.54) is 0 Å². The monoisotopic (exact) mass is 303 g/mol. The summed E-state index contributed by atoms with van der Waals surface area (Å²) in [6, 6.07) is 7.89. The number of hydrogen-bond acceptors (Lipinski definition) is 3. The summed E-state index contributed by atoms with van der Waals surface area (Å²) in [5.74, 6) is 0.621. The third-order valence-corrected chi connectivity index (χ3v) is 4.42. The van der Waals surface area contributed by atoms with Crippen molar-refractivity contribution in [3.8, 4) is 17.0 Å². The number of ether oxygens (including phenoxy) is 1. The Morgan fingerprint density at radius 3 is 2.82 bits per heavy atom. The van der Waals surface area contributed by atoms with Crippen LogP contribution in [0, 0.1) is 6.92 Å². The summed E-state index contributed by atoms with van der Waals surface area (Å²) in [4.78, 5) is 0. The quantitative estimate of drug-likeness (QED) is 0.915. The van der Waals surface area contributed by atoms with Crippen LogP contribution in [0.25, 0.3) is 11.3 Å². The van der Waals surface area contributed by atoms with Crippen LogP contribution in [0.3, 0.4) is 0 Å². The van der Waals surface area contributed by atoms with Gasteiger partial charge >= 0.3 is 0 Å². The fourth-order valence-corrected chi connectivity index (χ4v) is 3.21. The minimum absolute atomic E-state index is 0.113. The predicted molar refractivity (Wildman–Crippen MR) is 85.1 cm³/mol. The first-order valence-corrected chi connectivity index (χ1v) is 7.61. The van der Waals surface area contributed by atoms with Crippen LogP contribution in [0.5, 0.6) is 5.75 Å². The highest BCUT2D eigenvalue weighted by molar-refractivity contribution is 5.68. The number of alkyl halides is 1. The average molecular weight is 303 g/mol. The first-order chi connectivity index (χ1) is 10.5. The maximum absolute atomic E-state index is 14.8. The van der Waals surface area contributed by atoms with Crippen molar-refractivity contribution in [2.75, 3.05) is 20.2 Å². The maximum atomic E-state index is 14.8. The summed E-state index contributed by atoms with van der Waals surface area (Å²) in [5.41, 5.74) is 2.50. The lowest BCUT2D eigenvalue weighted by atomic mass is 9.79. The Morgan fingerprint density at radius 1 is 1.36 bits per heavy atom. The molecule has 22 heavy (non-hydrogen) atoms. The molecule has 118 valence electrons. The van der Waals surface area contributed by atoms with Gasteiger partial charge in [0.05, 0.1) is 12.8 Å². The number of hydrogen-bond donors (Lipinski definition) is 2. The molecule has 1 saturated heterocycles. The van der Waals surface area contributed by atoms with Crippen LogP contribution >= 0.6 is 0 Å². The van der Waals surface area contributed by atoms with Crippen molar-refractivity contribution in [3.63, 3.8) is 0 Å². The van der Waals surface area contributed by atoms with Crippen LogP contribution in [0.4, 0.5) is 4.39 Å². The van der Waals surface area contributed by atoms with Gasteiger partial charge in [0.2, 0.25) is 0 Å². The molecule has 1 aliphatic heterocycles. The van der Waals surface area contributed by atoms with Crippen LogP contribution in [0.15, 0.2) is 24.3 Å². The lowest BCUT2D eigenvalue weighted by molar-refractivity contribution is 0.115. The molecule has 1 fully saturated rings. The zero-order valence-electron chi connectivity index (χ0n) is 13.2. The molecule has 2 heterocycles. The number of halogens is 1. The van der Waals surface area contributed by atoms with E-state index in [0.29, 0.717) is 6.54 Å². The highest BCUT2D eigenvalue weighted by atomic mass is 19.1. The summed E-state index contributed by atoms with van der Waals surface area (Å²) < 4.78 is 20.3. The van der Waals surface area contributed by atoms with Crippen molar-refractivity contribution >= 4 is 0 Å². The Hall–Kier alpha value is -1.88. The molecule has 0 aliphatic carbocycles. The van der Waals surface area contributed by atoms with Gasteiger partial charge in [-0.1, -0.05) is 6.07 Å². The molecule has 2 atom stereocenters. The average Bonchev–Trinajstić information content (AvgIpc) is 2.92. The van der Waals surface area contributed by atoms with Gasteiger partial charge in [-0.05, 0) is 50.6 Å². The van der Waals surface area contributed by atoms with Crippen molar-refractivity contribution in [1.29, 1.82) is 0 Å². The van der Waals surface area contributed by atoms with Gasteiger partial charge in [-0.15, -0.1) is 0 Å². The van der Waals surface area contributed by atoms with Crippen molar-refractivity contribution < 1.29 is 9.13 Å². The number of piperidine rings is 1. The molecule has 0 spiro atoms. The van der Waals surface area contributed by atoms with E-state index < -0.39 is 5.67 Å². The molecule has 2 aromatic rings. The summed E-state index contributed by atoms with van der Waals surface area (Å²) in [7, 11) is 1.64. The Bertz CT molecular complexity index is 666. The number of nitrogens with zero attached hydrogens (tertiary/aromatic N) is 1. The molecule has 2 unspecified atom stereocenters. The summed E-state index contributed by atoms with van der Waals surface area (Å²) in [6.45, 7) is 4.86. The number of aromatic amines is 1. The Kier molecular flexibility index (Phi) is 3.91. The van der Waals surface area contributed by atoms with Crippen molar-refractivity contribution in [2.24, 2.45) is 0 Å². The molecule has 1 aromatic carbocycles. The third-order valence-electron chi connectivity index (χ3n) is 4.42. The topological polar surface area (TPSA) is 49.9 Å². The number of methoxy groups -OCH3 is 1. The first-order valence-electron chi connectivity index (χ1n) is 7.61. The van der Waals surface area contributed by atoms with E-state index in [2.05, 4.69) is 15.5 Å². The number of aryl methyl sites for hydroxylation is 1. The molecule has 0 bridgehead atoms. The van der Waals surface area contributed by atoms with Crippen molar-refractivity contribution in [2.45, 2.75) is 31.9 Å². The molecular formula is C17H22FN3O. The van der Waals surface area contributed by atoms with E-state index in [0.717, 1.165) is 41.2 Å². The van der Waals surface area contributed by atoms with Crippen LogP contribution in [-0.4, -0.2) is 36.1 Å². The Morgan fingerprint density at radius 2 is 2.18 bits per heavy atom. The summed E-state index contributed by atoms with van der Waals surface area (Å²) in [6.07, 6.45) is 0.789. The van der Waals surface area contributed by atoms with Crippen molar-refractivity contribution in [3.05, 3.63) is 35.5 Å². The van der Waals surface area contributed by atoms with Gasteiger partial charge in [-0.3, -0.25) is 5.10 Å². The Balaban J connectivity index is 1.98. The van der Waals surface area contributed by atoms with Crippen LogP contribution in [0.2, 0.25) is 0 Å². The molecule has 1 aromatic heterocycles. The summed E-state index contributed by atoms with van der Waals surface area (Å²) in [5, 5.41) is 10.3. The molecular weight excluding hydrogens is 281 g/mol. The normalized spacial score (nSPS) is 25.2. The van der Waals surface area contributed by atoms with Crippen LogP contribution in [-0.2, 0) is 0 Å². The molecule has 5 heteroatoms. The van der Waals surface area contributed by atoms with Gasteiger partial charge in [0.25, 0.3) is 0 Å². The number of benzene rings is 1. The van der Waals surface area contributed by atoms with Crippen LogP contribution < -0.4 is 10.1 Å². The SMILES string of the molecule is COc1cc(C2CCNCC2(C)F)ccc1-c1cc(C)[nH]n1. The largest absolute Gasteiger partial charge is 0.496 e. The zero-order valence-corrected chi connectivity index (χ0v) is 13.2. The van der Waals surface area contributed by atoms with E-state index in [-0.39, 0.29) is 5.92 Å². The first kappa shape index (κ1) is 15.0. The van der Waals surface area contributed by atoms with Gasteiger partial charge in [-0.2, -0.15) is 5.10 Å². The van der Waals surface area contributed by atoms with E-state index in [1.54, 1.807) is 14.0 Å².